The summed E-state index contributed by atoms with van der Waals surface area (Å²) in [5.41, 5.74) is -7.11. The van der Waals surface area contributed by atoms with Crippen LogP contribution in [0, 0.1) is 11.2 Å². The summed E-state index contributed by atoms with van der Waals surface area (Å²) in [6, 6.07) is 9.61. The van der Waals surface area contributed by atoms with E-state index >= 15 is 0 Å². The molecule has 1 N–H and O–H groups in total. The zero-order chi connectivity index (χ0) is 31.2. The largest absolute Gasteiger partial charge is 0.430 e. The molecule has 0 aliphatic heterocycles. The van der Waals surface area contributed by atoms with E-state index in [0.717, 1.165) is 36.4 Å². The van der Waals surface area contributed by atoms with Gasteiger partial charge in [-0.15, -0.1) is 0 Å². The van der Waals surface area contributed by atoms with E-state index in [9.17, 15) is 49.1 Å². The molecule has 0 spiro atoms. The average molecular weight is 618 g/mol. The van der Waals surface area contributed by atoms with Gasteiger partial charge < -0.3 is 5.11 Å². The number of Topliss-reactive ketones (excluding diaryl/α,β-unsaturated/α-hetero) is 1. The second kappa shape index (κ2) is 10.7. The number of halogens is 7. The van der Waals surface area contributed by atoms with Gasteiger partial charge in [0.05, 0.1) is 4.90 Å². The van der Waals surface area contributed by atoms with Crippen LogP contribution < -0.4 is 0 Å². The number of nitrogens with zero attached hydrogens (tertiary/aromatic N) is 1. The van der Waals surface area contributed by atoms with Crippen LogP contribution in [0.25, 0.3) is 0 Å². The summed E-state index contributed by atoms with van der Waals surface area (Å²) < 4.78 is 121. The van der Waals surface area contributed by atoms with Crippen LogP contribution in [0.15, 0.2) is 78.0 Å². The lowest BCUT2D eigenvalue weighted by molar-refractivity contribution is -0.376. The number of ketones is 1. The summed E-state index contributed by atoms with van der Waals surface area (Å²) in [4.78, 5) is 16.5. The van der Waals surface area contributed by atoms with Crippen LogP contribution in [0.2, 0.25) is 0 Å². The number of alkyl halides is 6. The van der Waals surface area contributed by atoms with Crippen LogP contribution >= 0.6 is 0 Å². The van der Waals surface area contributed by atoms with Gasteiger partial charge >= 0.3 is 12.4 Å². The molecule has 0 radical (unpaired) electrons. The number of benzene rings is 2. The molecule has 42 heavy (non-hydrogen) atoms. The fraction of sp³-hybridized carbons (Fsp3) is 0.379. The lowest BCUT2D eigenvalue weighted by atomic mass is 9.67. The SMILES string of the molecule is CC1(CC(=O)c2cccnc2)CCC(c2ccc(C(O)(C(F)(F)F)C(F)(F)F)cc2)(S(=O)(=O)c2ccc(F)cc2)CC1. The Morgan fingerprint density at radius 1 is 0.881 bits per heavy atom. The van der Waals surface area contributed by atoms with Crippen molar-refractivity contribution in [3.63, 3.8) is 0 Å². The zero-order valence-electron chi connectivity index (χ0n) is 22.1. The third kappa shape index (κ3) is 5.44. The Bertz CT molecular complexity index is 1510. The van der Waals surface area contributed by atoms with Gasteiger partial charge in [-0.05, 0) is 73.1 Å². The second-order valence-corrected chi connectivity index (χ2v) is 13.1. The number of pyridine rings is 1. The molecule has 2 aromatic carbocycles. The van der Waals surface area contributed by atoms with Gasteiger partial charge in [0, 0.05) is 29.9 Å². The summed E-state index contributed by atoms with van der Waals surface area (Å²) in [7, 11) is -4.40. The third-order valence-corrected chi connectivity index (χ3v) is 10.7. The van der Waals surface area contributed by atoms with Crippen molar-refractivity contribution in [2.24, 2.45) is 5.41 Å². The number of hydrogen-bond acceptors (Lipinski definition) is 5. The highest BCUT2D eigenvalue weighted by molar-refractivity contribution is 7.92. The van der Waals surface area contributed by atoms with Crippen molar-refractivity contribution in [3.05, 3.63) is 95.6 Å². The molecule has 3 aromatic rings. The van der Waals surface area contributed by atoms with E-state index in [1.165, 1.54) is 12.4 Å². The number of hydrogen-bond donors (Lipinski definition) is 1. The number of carbonyl (C=O) groups excluding carboxylic acids is 1. The average Bonchev–Trinajstić information content (AvgIpc) is 2.92. The van der Waals surface area contributed by atoms with Crippen LogP contribution in [0.4, 0.5) is 30.7 Å². The molecule has 13 heteroatoms. The predicted molar refractivity (Wildman–Crippen MR) is 137 cm³/mol. The van der Waals surface area contributed by atoms with Gasteiger partial charge in [-0.25, -0.2) is 12.8 Å². The van der Waals surface area contributed by atoms with Gasteiger partial charge in [0.1, 0.15) is 10.6 Å². The van der Waals surface area contributed by atoms with Crippen LogP contribution in [-0.4, -0.2) is 36.6 Å². The van der Waals surface area contributed by atoms with Gasteiger partial charge in [-0.2, -0.15) is 26.3 Å². The lowest BCUT2D eigenvalue weighted by Crippen LogP contribution is -2.54. The van der Waals surface area contributed by atoms with Gasteiger partial charge in [0.15, 0.2) is 15.6 Å². The Balaban J connectivity index is 1.76. The van der Waals surface area contributed by atoms with Crippen molar-refractivity contribution in [1.82, 2.24) is 4.98 Å². The first-order valence-corrected chi connectivity index (χ1v) is 14.2. The van der Waals surface area contributed by atoms with E-state index in [-0.39, 0.29) is 48.3 Å². The van der Waals surface area contributed by atoms with Crippen molar-refractivity contribution < 1.29 is 49.1 Å². The lowest BCUT2D eigenvalue weighted by Gasteiger charge is -2.45. The topological polar surface area (TPSA) is 84.3 Å². The third-order valence-electron chi connectivity index (χ3n) is 8.12. The summed E-state index contributed by atoms with van der Waals surface area (Å²) >= 11 is 0. The van der Waals surface area contributed by atoms with Crippen LogP contribution in [0.1, 0.15) is 60.5 Å². The van der Waals surface area contributed by atoms with Gasteiger partial charge in [0.25, 0.3) is 5.60 Å². The molecule has 0 bridgehead atoms. The number of rotatable bonds is 7. The monoisotopic (exact) mass is 617 g/mol. The Morgan fingerprint density at radius 3 is 1.90 bits per heavy atom. The summed E-state index contributed by atoms with van der Waals surface area (Å²) in [5, 5.41) is 9.79. The predicted octanol–water partition coefficient (Wildman–Crippen LogP) is 7.06. The molecule has 4 rings (SSSR count). The van der Waals surface area contributed by atoms with Crippen LogP contribution in [0.5, 0.6) is 0 Å². The summed E-state index contributed by atoms with van der Waals surface area (Å²) in [6.45, 7) is 1.80. The first-order chi connectivity index (χ1) is 19.4. The molecule has 1 aliphatic carbocycles. The van der Waals surface area contributed by atoms with Crippen molar-refractivity contribution in [2.45, 2.75) is 66.6 Å². The maximum absolute atomic E-state index is 14.1. The maximum Gasteiger partial charge on any atom is 0.430 e. The molecule has 0 amide bonds. The fourth-order valence-electron chi connectivity index (χ4n) is 5.51. The molecule has 1 saturated carbocycles. The molecular formula is C29H26F7NO4S. The minimum atomic E-state index is -6.11. The number of sulfone groups is 1. The van der Waals surface area contributed by atoms with Crippen molar-refractivity contribution in [2.75, 3.05) is 0 Å². The standard InChI is InChI=1S/C29H26F7NO4S/c1-25(17-24(38)19-3-2-16-37-18-19)12-14-26(15-13-25,42(40,41)23-10-8-22(30)9-11-23)20-4-6-21(7-5-20)27(39,28(31,32)33)29(34,35)36/h2-11,16,18,39H,12-15,17H2,1H3. The summed E-state index contributed by atoms with van der Waals surface area (Å²) in [5.74, 6) is -0.932. The molecule has 1 heterocycles. The fourth-order valence-corrected chi connectivity index (χ4v) is 7.64. The zero-order valence-corrected chi connectivity index (χ0v) is 23.0. The Hall–Kier alpha value is -3.32. The molecule has 1 aromatic heterocycles. The summed E-state index contributed by atoms with van der Waals surface area (Å²) in [6.07, 6.45) is -9.21. The first-order valence-electron chi connectivity index (χ1n) is 12.8. The number of aromatic nitrogens is 1. The Morgan fingerprint density at radius 2 is 1.43 bits per heavy atom. The Kier molecular flexibility index (Phi) is 8.09. The van der Waals surface area contributed by atoms with E-state index < -0.39 is 49.3 Å². The molecule has 5 nitrogen and oxygen atoms in total. The van der Waals surface area contributed by atoms with Crippen LogP contribution in [-0.2, 0) is 20.2 Å². The van der Waals surface area contributed by atoms with E-state index in [0.29, 0.717) is 17.7 Å². The van der Waals surface area contributed by atoms with Crippen LogP contribution in [0.3, 0.4) is 0 Å². The van der Waals surface area contributed by atoms with Gasteiger partial charge in [-0.1, -0.05) is 31.2 Å². The smallest absolute Gasteiger partial charge is 0.369 e. The van der Waals surface area contributed by atoms with E-state index in [2.05, 4.69) is 4.98 Å². The minimum Gasteiger partial charge on any atom is -0.369 e. The van der Waals surface area contributed by atoms with E-state index in [4.69, 9.17) is 0 Å². The highest BCUT2D eigenvalue weighted by atomic mass is 32.2. The van der Waals surface area contributed by atoms with Gasteiger partial charge in [0.2, 0.25) is 0 Å². The molecular weight excluding hydrogens is 591 g/mol. The second-order valence-electron chi connectivity index (χ2n) is 10.9. The first kappa shape index (κ1) is 31.6. The number of carbonyl (C=O) groups is 1. The van der Waals surface area contributed by atoms with Crippen molar-refractivity contribution in [3.8, 4) is 0 Å². The minimum absolute atomic E-state index is 0.0501. The molecule has 1 aliphatic rings. The highest BCUT2D eigenvalue weighted by Gasteiger charge is 2.71. The van der Waals surface area contributed by atoms with E-state index in [1.54, 1.807) is 19.1 Å². The number of aliphatic hydroxyl groups is 1. The normalized spacial score (nSPS) is 22.1. The maximum atomic E-state index is 14.1. The Labute approximate surface area is 237 Å². The molecule has 0 atom stereocenters. The quantitative estimate of drug-likeness (QED) is 0.175. The molecule has 1 fully saturated rings. The molecule has 0 saturated heterocycles. The molecule has 226 valence electrons. The van der Waals surface area contributed by atoms with Gasteiger partial charge in [-0.3, -0.25) is 9.78 Å². The van der Waals surface area contributed by atoms with Crippen molar-refractivity contribution >= 4 is 15.6 Å². The van der Waals surface area contributed by atoms with Crippen molar-refractivity contribution in [1.29, 1.82) is 0 Å². The molecule has 0 unspecified atom stereocenters. The highest BCUT2D eigenvalue weighted by Crippen LogP contribution is 2.54. The van der Waals surface area contributed by atoms with E-state index in [1.807, 2.05) is 0 Å².